The molecule has 0 N–H and O–H groups in total. The van der Waals surface area contributed by atoms with Crippen LogP contribution in [0.3, 0.4) is 0 Å². The Kier molecular flexibility index (Phi) is 5.15. The van der Waals surface area contributed by atoms with Crippen molar-refractivity contribution in [2.75, 3.05) is 26.2 Å². The molecule has 2 heterocycles. The van der Waals surface area contributed by atoms with Gasteiger partial charge in [-0.15, -0.1) is 0 Å². The van der Waals surface area contributed by atoms with E-state index in [1.165, 1.54) is 5.56 Å². The molecule has 0 saturated carbocycles. The lowest BCUT2D eigenvalue weighted by molar-refractivity contribution is 0.0760. The highest BCUT2D eigenvalue weighted by atomic mass is 16.2. The Bertz CT molecular complexity index is 787. The Balaban J connectivity index is 1.61. The summed E-state index contributed by atoms with van der Waals surface area (Å²) in [4.78, 5) is 17.0. The molecular formula is C19H23N5O. The van der Waals surface area contributed by atoms with Gasteiger partial charge in [0.2, 0.25) is 0 Å². The lowest BCUT2D eigenvalue weighted by Gasteiger charge is -2.22. The summed E-state index contributed by atoms with van der Waals surface area (Å²) < 4.78 is 1.74. The second kappa shape index (κ2) is 7.49. The minimum atomic E-state index is 0.0748. The van der Waals surface area contributed by atoms with E-state index in [0.717, 1.165) is 44.8 Å². The van der Waals surface area contributed by atoms with Gasteiger partial charge < -0.3 is 4.90 Å². The van der Waals surface area contributed by atoms with Crippen molar-refractivity contribution in [1.82, 2.24) is 19.6 Å². The molecule has 1 fully saturated rings. The number of aromatic nitrogens is 2. The minimum Gasteiger partial charge on any atom is -0.337 e. The van der Waals surface area contributed by atoms with Gasteiger partial charge in [0, 0.05) is 45.5 Å². The average molecular weight is 337 g/mol. The van der Waals surface area contributed by atoms with E-state index in [-0.39, 0.29) is 5.91 Å². The fourth-order valence-corrected chi connectivity index (χ4v) is 3.15. The molecule has 0 bridgehead atoms. The molecule has 0 spiro atoms. The molecule has 1 aromatic carbocycles. The molecule has 6 heteroatoms. The predicted molar refractivity (Wildman–Crippen MR) is 94.9 cm³/mol. The van der Waals surface area contributed by atoms with Crippen molar-refractivity contribution in [2.24, 2.45) is 7.05 Å². The fourth-order valence-electron chi connectivity index (χ4n) is 3.15. The highest BCUT2D eigenvalue weighted by Gasteiger charge is 2.23. The number of hydrogen-bond acceptors (Lipinski definition) is 4. The summed E-state index contributed by atoms with van der Waals surface area (Å²) in [5.74, 6) is 0.0748. The molecular weight excluding hydrogens is 314 g/mol. The van der Waals surface area contributed by atoms with Gasteiger partial charge in [-0.1, -0.05) is 12.1 Å². The number of nitrogens with zero attached hydrogens (tertiary/aromatic N) is 5. The Labute approximate surface area is 148 Å². The quantitative estimate of drug-likeness (QED) is 0.859. The van der Waals surface area contributed by atoms with E-state index >= 15 is 0 Å². The molecule has 0 atom stereocenters. The van der Waals surface area contributed by atoms with E-state index in [0.29, 0.717) is 11.1 Å². The van der Waals surface area contributed by atoms with Crippen LogP contribution < -0.4 is 0 Å². The van der Waals surface area contributed by atoms with Gasteiger partial charge >= 0.3 is 0 Å². The van der Waals surface area contributed by atoms with Gasteiger partial charge in [-0.05, 0) is 31.0 Å². The maximum Gasteiger partial charge on any atom is 0.257 e. The average Bonchev–Trinajstić information content (AvgIpc) is 2.83. The molecule has 130 valence electrons. The van der Waals surface area contributed by atoms with E-state index in [2.05, 4.69) is 16.1 Å². The van der Waals surface area contributed by atoms with E-state index in [1.54, 1.807) is 10.9 Å². The largest absolute Gasteiger partial charge is 0.337 e. The zero-order valence-corrected chi connectivity index (χ0v) is 14.8. The topological polar surface area (TPSA) is 65.2 Å². The first-order valence-electron chi connectivity index (χ1n) is 8.58. The molecule has 0 unspecified atom stereocenters. The van der Waals surface area contributed by atoms with Crippen LogP contribution in [0.4, 0.5) is 0 Å². The molecule has 2 aromatic rings. The monoisotopic (exact) mass is 337 g/mol. The fraction of sp³-hybridized carbons (Fsp3) is 0.421. The summed E-state index contributed by atoms with van der Waals surface area (Å²) in [6.45, 7) is 6.09. The smallest absolute Gasteiger partial charge is 0.257 e. The third kappa shape index (κ3) is 3.89. The Hall–Kier alpha value is -2.65. The van der Waals surface area contributed by atoms with Gasteiger partial charge in [-0.3, -0.25) is 14.4 Å². The van der Waals surface area contributed by atoms with Gasteiger partial charge in [-0.2, -0.15) is 10.4 Å². The molecule has 1 amide bonds. The van der Waals surface area contributed by atoms with Crippen LogP contribution in [-0.2, 0) is 13.6 Å². The van der Waals surface area contributed by atoms with Gasteiger partial charge in [0.05, 0.1) is 23.4 Å². The van der Waals surface area contributed by atoms with E-state index in [9.17, 15) is 4.79 Å². The van der Waals surface area contributed by atoms with Crippen LogP contribution in [0.1, 0.15) is 33.6 Å². The maximum atomic E-state index is 12.7. The van der Waals surface area contributed by atoms with Gasteiger partial charge in [0.1, 0.15) is 0 Å². The third-order valence-corrected chi connectivity index (χ3v) is 4.83. The zero-order chi connectivity index (χ0) is 17.8. The number of rotatable bonds is 3. The Morgan fingerprint density at radius 3 is 2.60 bits per heavy atom. The molecule has 0 radical (unpaired) electrons. The maximum absolute atomic E-state index is 12.7. The van der Waals surface area contributed by atoms with E-state index < -0.39 is 0 Å². The molecule has 0 aliphatic carbocycles. The van der Waals surface area contributed by atoms with Crippen molar-refractivity contribution < 1.29 is 4.79 Å². The SMILES string of the molecule is Cc1c(C(=O)N2CCCN(Cc3ccc(C#N)cc3)CC2)cnn1C. The van der Waals surface area contributed by atoms with Gasteiger partial charge in [-0.25, -0.2) is 0 Å². The first-order valence-corrected chi connectivity index (χ1v) is 8.58. The van der Waals surface area contributed by atoms with Crippen LogP contribution in [-0.4, -0.2) is 51.7 Å². The molecule has 6 nitrogen and oxygen atoms in total. The van der Waals surface area contributed by atoms with E-state index in [1.807, 2.05) is 43.1 Å². The standard InChI is InChI=1S/C19H23N5O/c1-15-18(13-21-22(15)2)19(25)24-9-3-8-23(10-11-24)14-17-6-4-16(12-20)5-7-17/h4-7,13H,3,8-11,14H2,1-2H3. The number of benzene rings is 1. The summed E-state index contributed by atoms with van der Waals surface area (Å²) in [5.41, 5.74) is 3.48. The van der Waals surface area contributed by atoms with Crippen molar-refractivity contribution in [2.45, 2.75) is 19.9 Å². The summed E-state index contributed by atoms with van der Waals surface area (Å²) in [6, 6.07) is 9.86. The lowest BCUT2D eigenvalue weighted by atomic mass is 10.1. The highest BCUT2D eigenvalue weighted by Crippen LogP contribution is 2.14. The first-order chi connectivity index (χ1) is 12.1. The molecule has 1 aliphatic rings. The molecule has 3 rings (SSSR count). The summed E-state index contributed by atoms with van der Waals surface area (Å²) in [5, 5.41) is 13.1. The lowest BCUT2D eigenvalue weighted by Crippen LogP contribution is -2.35. The summed E-state index contributed by atoms with van der Waals surface area (Å²) >= 11 is 0. The van der Waals surface area contributed by atoms with Crippen molar-refractivity contribution in [3.8, 4) is 6.07 Å². The van der Waals surface area contributed by atoms with Crippen LogP contribution in [0.2, 0.25) is 0 Å². The van der Waals surface area contributed by atoms with Crippen LogP contribution in [0.15, 0.2) is 30.5 Å². The number of nitriles is 1. The van der Waals surface area contributed by atoms with Gasteiger partial charge in [0.15, 0.2) is 0 Å². The van der Waals surface area contributed by atoms with Crippen molar-refractivity contribution in [1.29, 1.82) is 5.26 Å². The normalized spacial score (nSPS) is 15.6. The van der Waals surface area contributed by atoms with Crippen LogP contribution in [0, 0.1) is 18.3 Å². The highest BCUT2D eigenvalue weighted by molar-refractivity contribution is 5.95. The van der Waals surface area contributed by atoms with Crippen LogP contribution in [0.5, 0.6) is 0 Å². The second-order valence-corrected chi connectivity index (χ2v) is 6.50. The van der Waals surface area contributed by atoms with Crippen molar-refractivity contribution in [3.05, 3.63) is 52.8 Å². The number of hydrogen-bond donors (Lipinski definition) is 0. The second-order valence-electron chi connectivity index (χ2n) is 6.50. The predicted octanol–water partition coefficient (Wildman–Crippen LogP) is 1.95. The van der Waals surface area contributed by atoms with Crippen molar-refractivity contribution in [3.63, 3.8) is 0 Å². The van der Waals surface area contributed by atoms with E-state index in [4.69, 9.17) is 5.26 Å². The summed E-state index contributed by atoms with van der Waals surface area (Å²) in [6.07, 6.45) is 2.62. The third-order valence-electron chi connectivity index (χ3n) is 4.83. The number of carbonyl (C=O) groups excluding carboxylic acids is 1. The Morgan fingerprint density at radius 1 is 1.20 bits per heavy atom. The number of amides is 1. The molecule has 1 aliphatic heterocycles. The minimum absolute atomic E-state index is 0.0748. The number of aryl methyl sites for hydroxylation is 1. The molecule has 1 saturated heterocycles. The first kappa shape index (κ1) is 17.2. The van der Waals surface area contributed by atoms with Crippen LogP contribution in [0.25, 0.3) is 0 Å². The van der Waals surface area contributed by atoms with Crippen LogP contribution >= 0.6 is 0 Å². The zero-order valence-electron chi connectivity index (χ0n) is 14.8. The summed E-state index contributed by atoms with van der Waals surface area (Å²) in [7, 11) is 1.86. The number of carbonyl (C=O) groups is 1. The van der Waals surface area contributed by atoms with Gasteiger partial charge in [0.25, 0.3) is 5.91 Å². The van der Waals surface area contributed by atoms with Crippen molar-refractivity contribution >= 4 is 5.91 Å². The molecule has 1 aromatic heterocycles. The Morgan fingerprint density at radius 2 is 1.96 bits per heavy atom. The molecule has 25 heavy (non-hydrogen) atoms.